The number of hydrogen-bond donors (Lipinski definition) is 4. The van der Waals surface area contributed by atoms with Gasteiger partial charge in [-0.1, -0.05) is 0 Å². The minimum atomic E-state index is -0.509. The molecule has 0 aliphatic carbocycles. The van der Waals surface area contributed by atoms with Gasteiger partial charge in [-0.05, 0) is 55.4 Å². The number of guanidine groups is 1. The Labute approximate surface area is 147 Å². The summed E-state index contributed by atoms with van der Waals surface area (Å²) in [5, 5.41) is 12.7. The third kappa shape index (κ3) is 13.0. The molecular formula is C17H37N5O2. The van der Waals surface area contributed by atoms with Crippen LogP contribution in [-0.4, -0.2) is 55.4 Å². The van der Waals surface area contributed by atoms with Crippen LogP contribution in [0, 0.1) is 0 Å². The molecule has 0 unspecified atom stereocenters. The van der Waals surface area contributed by atoms with E-state index in [2.05, 4.69) is 47.0 Å². The van der Waals surface area contributed by atoms with Crippen molar-refractivity contribution in [3.05, 3.63) is 0 Å². The van der Waals surface area contributed by atoms with Gasteiger partial charge in [-0.3, -0.25) is 4.99 Å². The normalized spacial score (nSPS) is 13.5. The molecule has 0 aliphatic heterocycles. The highest BCUT2D eigenvalue weighted by Crippen LogP contribution is 2.09. The van der Waals surface area contributed by atoms with E-state index in [0.717, 1.165) is 13.1 Å². The summed E-state index contributed by atoms with van der Waals surface area (Å²) in [5.41, 5.74) is -0.882. The predicted molar refractivity (Wildman–Crippen MR) is 101 cm³/mol. The largest absolute Gasteiger partial charge is 0.444 e. The number of aliphatic imine (C=N–C) groups is 1. The van der Waals surface area contributed by atoms with Crippen LogP contribution < -0.4 is 21.3 Å². The standard InChI is InChI=1S/C17H37N5O2/c1-15(2,3)21-11-10-19-13(18-9)20-12-17(7,8)22-14(23)24-16(4,5)6/h21H,10-12H2,1-9H3,(H,22,23)(H2,18,19,20). The zero-order chi connectivity index (χ0) is 19.0. The molecule has 142 valence electrons. The van der Waals surface area contributed by atoms with Crippen LogP contribution in [0.15, 0.2) is 4.99 Å². The molecule has 24 heavy (non-hydrogen) atoms. The van der Waals surface area contributed by atoms with E-state index in [9.17, 15) is 4.79 Å². The lowest BCUT2D eigenvalue weighted by Crippen LogP contribution is -2.54. The maximum atomic E-state index is 11.9. The van der Waals surface area contributed by atoms with Gasteiger partial charge in [0.15, 0.2) is 5.96 Å². The molecule has 0 bridgehead atoms. The molecule has 1 amide bonds. The van der Waals surface area contributed by atoms with Gasteiger partial charge in [0.05, 0.1) is 5.54 Å². The monoisotopic (exact) mass is 343 g/mol. The Balaban J connectivity index is 4.24. The third-order valence-corrected chi connectivity index (χ3v) is 2.83. The van der Waals surface area contributed by atoms with Crippen LogP contribution in [0.4, 0.5) is 4.79 Å². The van der Waals surface area contributed by atoms with E-state index >= 15 is 0 Å². The van der Waals surface area contributed by atoms with Crippen LogP contribution in [0.5, 0.6) is 0 Å². The van der Waals surface area contributed by atoms with Gasteiger partial charge in [0, 0.05) is 32.2 Å². The fourth-order valence-corrected chi connectivity index (χ4v) is 1.77. The predicted octanol–water partition coefficient (Wildman–Crippen LogP) is 1.84. The molecule has 0 saturated carbocycles. The van der Waals surface area contributed by atoms with Crippen LogP contribution in [0.3, 0.4) is 0 Å². The topological polar surface area (TPSA) is 86.8 Å². The summed E-state index contributed by atoms with van der Waals surface area (Å²) < 4.78 is 5.29. The number of carbonyl (C=O) groups is 1. The molecule has 0 radical (unpaired) electrons. The fraction of sp³-hybridized carbons (Fsp3) is 0.882. The molecule has 7 heteroatoms. The van der Waals surface area contributed by atoms with Crippen molar-refractivity contribution in [2.24, 2.45) is 4.99 Å². The Morgan fingerprint density at radius 1 is 0.958 bits per heavy atom. The Morgan fingerprint density at radius 2 is 1.54 bits per heavy atom. The van der Waals surface area contributed by atoms with Crippen molar-refractivity contribution in [2.75, 3.05) is 26.7 Å². The first-order valence-electron chi connectivity index (χ1n) is 8.45. The van der Waals surface area contributed by atoms with Crippen molar-refractivity contribution in [1.82, 2.24) is 21.3 Å². The smallest absolute Gasteiger partial charge is 0.408 e. The molecule has 0 aromatic heterocycles. The van der Waals surface area contributed by atoms with E-state index in [1.807, 2.05) is 34.6 Å². The molecule has 0 rings (SSSR count). The fourth-order valence-electron chi connectivity index (χ4n) is 1.77. The minimum absolute atomic E-state index is 0.0952. The molecule has 0 aromatic rings. The highest BCUT2D eigenvalue weighted by Gasteiger charge is 2.24. The number of hydrogen-bond acceptors (Lipinski definition) is 4. The maximum Gasteiger partial charge on any atom is 0.408 e. The van der Waals surface area contributed by atoms with Gasteiger partial charge in [-0.25, -0.2) is 4.79 Å². The van der Waals surface area contributed by atoms with E-state index in [-0.39, 0.29) is 5.54 Å². The summed E-state index contributed by atoms with van der Waals surface area (Å²) in [5.74, 6) is 0.699. The highest BCUT2D eigenvalue weighted by atomic mass is 16.6. The summed E-state index contributed by atoms with van der Waals surface area (Å²) in [7, 11) is 1.72. The van der Waals surface area contributed by atoms with Crippen molar-refractivity contribution in [3.63, 3.8) is 0 Å². The zero-order valence-corrected chi connectivity index (χ0v) is 16.9. The van der Waals surface area contributed by atoms with Crippen LogP contribution in [0.2, 0.25) is 0 Å². The second kappa shape index (κ2) is 9.11. The molecule has 0 heterocycles. The minimum Gasteiger partial charge on any atom is -0.444 e. The molecule has 0 aliphatic rings. The Kier molecular flexibility index (Phi) is 8.54. The highest BCUT2D eigenvalue weighted by molar-refractivity contribution is 5.79. The number of ether oxygens (including phenoxy) is 1. The zero-order valence-electron chi connectivity index (χ0n) is 16.9. The van der Waals surface area contributed by atoms with Gasteiger partial charge >= 0.3 is 6.09 Å². The van der Waals surface area contributed by atoms with Gasteiger partial charge in [0.1, 0.15) is 5.60 Å². The first kappa shape index (κ1) is 22.5. The lowest BCUT2D eigenvalue weighted by molar-refractivity contribution is 0.0474. The average Bonchev–Trinajstić information content (AvgIpc) is 2.33. The molecule has 7 nitrogen and oxygen atoms in total. The van der Waals surface area contributed by atoms with Crippen molar-refractivity contribution >= 4 is 12.1 Å². The number of carbonyl (C=O) groups excluding carboxylic acids is 1. The van der Waals surface area contributed by atoms with Crippen LogP contribution in [0.1, 0.15) is 55.4 Å². The van der Waals surface area contributed by atoms with Gasteiger partial charge in [-0.2, -0.15) is 0 Å². The van der Waals surface area contributed by atoms with E-state index in [0.29, 0.717) is 12.5 Å². The van der Waals surface area contributed by atoms with Crippen molar-refractivity contribution in [2.45, 2.75) is 72.1 Å². The Morgan fingerprint density at radius 3 is 2.00 bits per heavy atom. The second-order valence-electron chi connectivity index (χ2n) is 8.54. The molecular weight excluding hydrogens is 306 g/mol. The van der Waals surface area contributed by atoms with Crippen molar-refractivity contribution in [3.8, 4) is 0 Å². The van der Waals surface area contributed by atoms with Crippen LogP contribution in [0.25, 0.3) is 0 Å². The maximum absolute atomic E-state index is 11.9. The van der Waals surface area contributed by atoms with Gasteiger partial charge in [-0.15, -0.1) is 0 Å². The lowest BCUT2D eigenvalue weighted by atomic mass is 10.1. The summed E-state index contributed by atoms with van der Waals surface area (Å²) in [6, 6.07) is 0. The lowest BCUT2D eigenvalue weighted by Gasteiger charge is -2.29. The summed E-state index contributed by atoms with van der Waals surface area (Å²) in [6.07, 6.45) is -0.424. The number of rotatable bonds is 6. The van der Waals surface area contributed by atoms with Gasteiger partial charge in [0.25, 0.3) is 0 Å². The van der Waals surface area contributed by atoms with Gasteiger partial charge < -0.3 is 26.0 Å². The van der Waals surface area contributed by atoms with E-state index in [1.54, 1.807) is 7.05 Å². The third-order valence-electron chi connectivity index (χ3n) is 2.83. The quantitative estimate of drug-likeness (QED) is 0.336. The second-order valence-corrected chi connectivity index (χ2v) is 8.54. The summed E-state index contributed by atoms with van der Waals surface area (Å²) >= 11 is 0. The van der Waals surface area contributed by atoms with E-state index < -0.39 is 17.2 Å². The molecule has 0 aromatic carbocycles. The first-order valence-corrected chi connectivity index (χ1v) is 8.45. The average molecular weight is 344 g/mol. The summed E-state index contributed by atoms with van der Waals surface area (Å²) in [4.78, 5) is 16.1. The molecule has 0 atom stereocenters. The summed E-state index contributed by atoms with van der Waals surface area (Å²) in [6.45, 7) is 17.9. The van der Waals surface area contributed by atoms with Crippen LogP contribution in [-0.2, 0) is 4.74 Å². The SMILES string of the molecule is CN=C(NCCNC(C)(C)C)NCC(C)(C)NC(=O)OC(C)(C)C. The Hall–Kier alpha value is -1.50. The van der Waals surface area contributed by atoms with Gasteiger partial charge in [0.2, 0.25) is 0 Å². The number of nitrogens with zero attached hydrogens (tertiary/aromatic N) is 1. The number of amides is 1. The molecule has 4 N–H and O–H groups in total. The van der Waals surface area contributed by atoms with E-state index in [4.69, 9.17) is 4.74 Å². The number of alkyl carbamates (subject to hydrolysis) is 1. The molecule has 0 saturated heterocycles. The van der Waals surface area contributed by atoms with Crippen LogP contribution >= 0.6 is 0 Å². The Bertz CT molecular complexity index is 420. The van der Waals surface area contributed by atoms with Crippen molar-refractivity contribution in [1.29, 1.82) is 0 Å². The molecule has 0 fully saturated rings. The van der Waals surface area contributed by atoms with Crippen molar-refractivity contribution < 1.29 is 9.53 Å². The first-order chi connectivity index (χ1) is 10.7. The van der Waals surface area contributed by atoms with E-state index in [1.165, 1.54) is 0 Å². The number of nitrogens with one attached hydrogen (secondary N) is 4. The molecule has 0 spiro atoms.